The van der Waals surface area contributed by atoms with Crippen LogP contribution in [0.25, 0.3) is 16.8 Å². The van der Waals surface area contributed by atoms with Crippen LogP contribution in [0.15, 0.2) is 48.5 Å². The quantitative estimate of drug-likeness (QED) is 0.798. The van der Waals surface area contributed by atoms with Gasteiger partial charge in [-0.05, 0) is 34.9 Å². The van der Waals surface area contributed by atoms with Gasteiger partial charge in [-0.3, -0.25) is 0 Å². The van der Waals surface area contributed by atoms with Gasteiger partial charge < -0.3 is 9.47 Å². The van der Waals surface area contributed by atoms with Crippen molar-refractivity contribution in [3.05, 3.63) is 54.1 Å². The van der Waals surface area contributed by atoms with E-state index in [1.807, 2.05) is 6.08 Å². The highest BCUT2D eigenvalue weighted by atomic mass is 16.7. The summed E-state index contributed by atoms with van der Waals surface area (Å²) < 4.78 is 11.0. The number of hydrogen-bond donors (Lipinski definition) is 0. The first-order chi connectivity index (χ1) is 8.92. The molecule has 1 fully saturated rings. The molecule has 1 aliphatic rings. The summed E-state index contributed by atoms with van der Waals surface area (Å²) in [7, 11) is 0. The molecule has 0 spiro atoms. The van der Waals surface area contributed by atoms with Crippen LogP contribution in [0.2, 0.25) is 0 Å². The van der Waals surface area contributed by atoms with Crippen molar-refractivity contribution in [3.63, 3.8) is 0 Å². The maximum absolute atomic E-state index is 5.48. The first kappa shape index (κ1) is 11.5. The summed E-state index contributed by atoms with van der Waals surface area (Å²) in [5.74, 6) is 0. The summed E-state index contributed by atoms with van der Waals surface area (Å²) in [4.78, 5) is 0. The first-order valence-corrected chi connectivity index (χ1v) is 6.32. The summed E-state index contributed by atoms with van der Waals surface area (Å²) in [5.41, 5.74) is 1.17. The lowest BCUT2D eigenvalue weighted by Gasteiger charge is -2.20. The van der Waals surface area contributed by atoms with Crippen molar-refractivity contribution in [3.8, 4) is 0 Å². The Morgan fingerprint density at radius 1 is 0.944 bits per heavy atom. The van der Waals surface area contributed by atoms with Crippen LogP contribution in [0.3, 0.4) is 0 Å². The number of fused-ring (bicyclic) bond motifs is 1. The van der Waals surface area contributed by atoms with Gasteiger partial charge in [-0.2, -0.15) is 0 Å². The molecular formula is C16H16O2. The van der Waals surface area contributed by atoms with E-state index in [-0.39, 0.29) is 6.29 Å². The summed E-state index contributed by atoms with van der Waals surface area (Å²) in [6.45, 7) is 1.57. The van der Waals surface area contributed by atoms with Crippen LogP contribution in [-0.4, -0.2) is 19.5 Å². The van der Waals surface area contributed by atoms with E-state index < -0.39 is 0 Å². The number of rotatable bonds is 2. The van der Waals surface area contributed by atoms with Crippen LogP contribution in [0, 0.1) is 0 Å². The molecule has 1 aliphatic heterocycles. The summed E-state index contributed by atoms with van der Waals surface area (Å²) in [6.07, 6.45) is 4.83. The highest BCUT2D eigenvalue weighted by molar-refractivity contribution is 5.84. The van der Waals surface area contributed by atoms with E-state index >= 15 is 0 Å². The Bertz CT molecular complexity index is 554. The molecule has 1 heterocycles. The minimum absolute atomic E-state index is 0.190. The molecule has 18 heavy (non-hydrogen) atoms. The Hall–Kier alpha value is -1.64. The Morgan fingerprint density at radius 2 is 1.72 bits per heavy atom. The molecule has 0 amide bonds. The maximum atomic E-state index is 5.48. The number of benzene rings is 2. The highest BCUT2D eigenvalue weighted by Gasteiger charge is 2.09. The second kappa shape index (κ2) is 5.34. The first-order valence-electron chi connectivity index (χ1n) is 6.32. The normalized spacial score (nSPS) is 17.6. The van der Waals surface area contributed by atoms with Crippen LogP contribution in [0.4, 0.5) is 0 Å². The molecule has 0 unspecified atom stereocenters. The molecular weight excluding hydrogens is 224 g/mol. The fourth-order valence-corrected chi connectivity index (χ4v) is 2.12. The van der Waals surface area contributed by atoms with Crippen molar-refractivity contribution in [1.29, 1.82) is 0 Å². The zero-order valence-electron chi connectivity index (χ0n) is 10.2. The van der Waals surface area contributed by atoms with Gasteiger partial charge in [0.2, 0.25) is 0 Å². The summed E-state index contributed by atoms with van der Waals surface area (Å²) in [6, 6.07) is 14.8. The zero-order chi connectivity index (χ0) is 12.2. The lowest BCUT2D eigenvalue weighted by Crippen LogP contribution is -2.22. The van der Waals surface area contributed by atoms with Gasteiger partial charge in [0.15, 0.2) is 6.29 Å². The second-order valence-electron chi connectivity index (χ2n) is 4.43. The molecule has 0 saturated carbocycles. The molecule has 92 valence electrons. The average Bonchev–Trinajstić information content (AvgIpc) is 2.46. The van der Waals surface area contributed by atoms with Gasteiger partial charge in [0.25, 0.3) is 0 Å². The Kier molecular flexibility index (Phi) is 3.40. The third-order valence-corrected chi connectivity index (χ3v) is 3.07. The van der Waals surface area contributed by atoms with E-state index in [0.29, 0.717) is 0 Å². The van der Waals surface area contributed by atoms with Crippen molar-refractivity contribution in [1.82, 2.24) is 0 Å². The predicted molar refractivity (Wildman–Crippen MR) is 73.3 cm³/mol. The lowest BCUT2D eigenvalue weighted by molar-refractivity contribution is -0.149. The van der Waals surface area contributed by atoms with Crippen LogP contribution < -0.4 is 0 Å². The monoisotopic (exact) mass is 240 g/mol. The van der Waals surface area contributed by atoms with Crippen molar-refractivity contribution in [2.45, 2.75) is 12.7 Å². The Morgan fingerprint density at radius 3 is 2.56 bits per heavy atom. The van der Waals surface area contributed by atoms with Crippen molar-refractivity contribution < 1.29 is 9.47 Å². The summed E-state index contributed by atoms with van der Waals surface area (Å²) >= 11 is 0. The molecule has 2 nitrogen and oxygen atoms in total. The molecule has 0 aromatic heterocycles. The zero-order valence-corrected chi connectivity index (χ0v) is 10.2. The molecule has 3 rings (SSSR count). The van der Waals surface area contributed by atoms with E-state index in [1.54, 1.807) is 0 Å². The topological polar surface area (TPSA) is 18.5 Å². The summed E-state index contributed by atoms with van der Waals surface area (Å²) in [5, 5.41) is 2.52. The van der Waals surface area contributed by atoms with E-state index in [4.69, 9.17) is 9.47 Å². The fraction of sp³-hybridized carbons (Fsp3) is 0.250. The van der Waals surface area contributed by atoms with E-state index in [0.717, 1.165) is 19.6 Å². The average molecular weight is 240 g/mol. The van der Waals surface area contributed by atoms with E-state index in [9.17, 15) is 0 Å². The standard InChI is InChI=1S/C16H16O2/c1-2-5-15-12-13(6-8-14(15)4-1)7-9-16-17-10-3-11-18-16/h1-2,4-9,12,16H,3,10-11H2. The number of ether oxygens (including phenoxy) is 2. The second-order valence-corrected chi connectivity index (χ2v) is 4.43. The smallest absolute Gasteiger partial charge is 0.177 e. The molecule has 0 aliphatic carbocycles. The molecule has 0 bridgehead atoms. The van der Waals surface area contributed by atoms with Crippen LogP contribution in [-0.2, 0) is 9.47 Å². The molecule has 2 aromatic carbocycles. The van der Waals surface area contributed by atoms with E-state index in [1.165, 1.54) is 16.3 Å². The van der Waals surface area contributed by atoms with Crippen LogP contribution in [0.5, 0.6) is 0 Å². The lowest BCUT2D eigenvalue weighted by atomic mass is 10.1. The molecule has 1 saturated heterocycles. The highest BCUT2D eigenvalue weighted by Crippen LogP contribution is 2.17. The molecule has 0 radical (unpaired) electrons. The Labute approximate surface area is 107 Å². The minimum atomic E-state index is -0.190. The molecule has 2 heteroatoms. The predicted octanol–water partition coefficient (Wildman–Crippen LogP) is 3.62. The fourth-order valence-electron chi connectivity index (χ4n) is 2.12. The molecule has 0 atom stereocenters. The van der Waals surface area contributed by atoms with Crippen molar-refractivity contribution >= 4 is 16.8 Å². The van der Waals surface area contributed by atoms with Gasteiger partial charge in [-0.25, -0.2) is 0 Å². The van der Waals surface area contributed by atoms with Gasteiger partial charge in [0.05, 0.1) is 13.2 Å². The van der Waals surface area contributed by atoms with E-state index in [2.05, 4.69) is 48.5 Å². The van der Waals surface area contributed by atoms with Gasteiger partial charge in [-0.15, -0.1) is 0 Å². The van der Waals surface area contributed by atoms with Gasteiger partial charge in [0, 0.05) is 0 Å². The maximum Gasteiger partial charge on any atom is 0.177 e. The van der Waals surface area contributed by atoms with Gasteiger partial charge >= 0.3 is 0 Å². The minimum Gasteiger partial charge on any atom is -0.349 e. The third kappa shape index (κ3) is 2.61. The molecule has 2 aromatic rings. The van der Waals surface area contributed by atoms with Crippen LogP contribution >= 0.6 is 0 Å². The Balaban J connectivity index is 1.79. The van der Waals surface area contributed by atoms with Gasteiger partial charge in [0.1, 0.15) is 0 Å². The SMILES string of the molecule is C(=CC1OCCCO1)c1ccc2ccccc2c1. The van der Waals surface area contributed by atoms with Crippen molar-refractivity contribution in [2.75, 3.05) is 13.2 Å². The number of hydrogen-bond acceptors (Lipinski definition) is 2. The third-order valence-electron chi connectivity index (χ3n) is 3.07. The van der Waals surface area contributed by atoms with Crippen molar-refractivity contribution in [2.24, 2.45) is 0 Å². The van der Waals surface area contributed by atoms with Crippen LogP contribution in [0.1, 0.15) is 12.0 Å². The largest absolute Gasteiger partial charge is 0.349 e. The molecule has 0 N–H and O–H groups in total. The van der Waals surface area contributed by atoms with Gasteiger partial charge in [-0.1, -0.05) is 42.5 Å².